The molecule has 0 saturated carbocycles. The minimum Gasteiger partial charge on any atom is -0.473 e. The topological polar surface area (TPSA) is 35.5 Å². The molecule has 0 aromatic carbocycles. The summed E-state index contributed by atoms with van der Waals surface area (Å²) in [5.74, 6) is -0.194. The van der Waals surface area contributed by atoms with Crippen molar-refractivity contribution in [3.8, 4) is 0 Å². The Morgan fingerprint density at radius 2 is 2.06 bits per heavy atom. The highest BCUT2D eigenvalue weighted by Gasteiger charge is 2.39. The summed E-state index contributed by atoms with van der Waals surface area (Å²) in [5.41, 5.74) is 0. The van der Waals surface area contributed by atoms with Crippen molar-refractivity contribution in [1.82, 2.24) is 0 Å². The van der Waals surface area contributed by atoms with E-state index >= 15 is 0 Å². The van der Waals surface area contributed by atoms with Crippen LogP contribution in [0.4, 0.5) is 0 Å². The average molecular weight is 290 g/mol. The molecule has 3 nitrogen and oxygen atoms in total. The number of hydrogen-bond donors (Lipinski definition) is 0. The summed E-state index contributed by atoms with van der Waals surface area (Å²) in [7, 11) is 0. The predicted molar refractivity (Wildman–Crippen MR) is 78.9 cm³/mol. The third kappa shape index (κ3) is 5.14. The smallest absolute Gasteiger partial charge is 0.323 e. The molecule has 1 rings (SSSR count). The van der Waals surface area contributed by atoms with E-state index in [1.165, 1.54) is 37.4 Å². The number of carbonyl (C=O) groups excluding carboxylic acids is 1. The fourth-order valence-corrected chi connectivity index (χ4v) is 3.31. The number of thiocarbonyl (C=S) groups is 1. The van der Waals surface area contributed by atoms with Gasteiger partial charge in [-0.3, -0.25) is 4.79 Å². The van der Waals surface area contributed by atoms with E-state index in [2.05, 4.69) is 6.92 Å². The molecule has 0 N–H and O–H groups in total. The quantitative estimate of drug-likeness (QED) is 0.387. The Morgan fingerprint density at radius 1 is 1.33 bits per heavy atom. The van der Waals surface area contributed by atoms with Gasteiger partial charge in [0.05, 0.1) is 6.61 Å². The van der Waals surface area contributed by atoms with Crippen LogP contribution >= 0.6 is 24.0 Å². The van der Waals surface area contributed by atoms with E-state index in [1.54, 1.807) is 0 Å². The molecule has 0 unspecified atom stereocenters. The van der Waals surface area contributed by atoms with Crippen LogP contribution in [0.5, 0.6) is 0 Å². The summed E-state index contributed by atoms with van der Waals surface area (Å²) in [4.78, 5) is 11.8. The third-order valence-corrected chi connectivity index (χ3v) is 4.34. The van der Waals surface area contributed by atoms with Gasteiger partial charge < -0.3 is 9.47 Å². The van der Waals surface area contributed by atoms with E-state index in [0.717, 1.165) is 12.8 Å². The third-order valence-electron chi connectivity index (χ3n) is 2.92. The molecule has 0 amide bonds. The number of ether oxygens (including phenoxy) is 2. The van der Waals surface area contributed by atoms with Gasteiger partial charge in [-0.1, -0.05) is 44.4 Å². The molecule has 1 fully saturated rings. The first-order chi connectivity index (χ1) is 8.69. The molecule has 0 aliphatic carbocycles. The second-order valence-electron chi connectivity index (χ2n) is 4.40. The Balaban J connectivity index is 2.32. The fraction of sp³-hybridized carbons (Fsp3) is 0.846. The maximum absolute atomic E-state index is 11.8. The molecular formula is C13H22O3S2. The van der Waals surface area contributed by atoms with Crippen LogP contribution in [0, 0.1) is 0 Å². The van der Waals surface area contributed by atoms with Crippen molar-refractivity contribution in [2.24, 2.45) is 0 Å². The summed E-state index contributed by atoms with van der Waals surface area (Å²) in [6.45, 7) is 4.42. The second kappa shape index (κ2) is 8.75. The number of esters is 1. The second-order valence-corrected chi connectivity index (χ2v) is 6.14. The lowest BCUT2D eigenvalue weighted by Gasteiger charge is -2.15. The summed E-state index contributed by atoms with van der Waals surface area (Å²) in [6.07, 6.45) is 6.85. The van der Waals surface area contributed by atoms with Crippen LogP contribution in [0.25, 0.3) is 0 Å². The molecule has 0 aromatic heterocycles. The summed E-state index contributed by atoms with van der Waals surface area (Å²) >= 11 is 6.35. The van der Waals surface area contributed by atoms with E-state index in [4.69, 9.17) is 21.7 Å². The summed E-state index contributed by atoms with van der Waals surface area (Å²) in [6, 6.07) is 0. The van der Waals surface area contributed by atoms with Gasteiger partial charge in [0.2, 0.25) is 4.38 Å². The molecule has 1 saturated heterocycles. The van der Waals surface area contributed by atoms with Crippen molar-refractivity contribution in [3.63, 3.8) is 0 Å². The van der Waals surface area contributed by atoms with E-state index < -0.39 is 0 Å². The fourth-order valence-electron chi connectivity index (χ4n) is 1.98. The Kier molecular flexibility index (Phi) is 7.66. The molecule has 2 atom stereocenters. The van der Waals surface area contributed by atoms with Crippen molar-refractivity contribution in [3.05, 3.63) is 0 Å². The van der Waals surface area contributed by atoms with Gasteiger partial charge in [0.25, 0.3) is 0 Å². The molecular weight excluding hydrogens is 268 g/mol. The number of thioether (sulfide) groups is 1. The Labute approximate surface area is 119 Å². The minimum absolute atomic E-state index is 0.0943. The molecule has 0 radical (unpaired) electrons. The molecule has 0 bridgehead atoms. The molecule has 104 valence electrons. The molecule has 1 aliphatic rings. The largest absolute Gasteiger partial charge is 0.473 e. The van der Waals surface area contributed by atoms with E-state index in [-0.39, 0.29) is 17.3 Å². The number of rotatable bonds is 8. The molecule has 0 aromatic rings. The Bertz CT molecular complexity index is 281. The van der Waals surface area contributed by atoms with Gasteiger partial charge in [0.15, 0.2) is 0 Å². The van der Waals surface area contributed by atoms with Crippen LogP contribution in [0.1, 0.15) is 52.4 Å². The number of unbranched alkanes of at least 4 members (excludes halogenated alkanes) is 4. The van der Waals surface area contributed by atoms with Crippen LogP contribution in [0.3, 0.4) is 0 Å². The van der Waals surface area contributed by atoms with Crippen molar-refractivity contribution in [1.29, 1.82) is 0 Å². The molecule has 5 heteroatoms. The SMILES string of the molecule is CCCCCCC[C@@H]1OC(=S)S[C@H]1C(=O)OCC. The highest BCUT2D eigenvalue weighted by molar-refractivity contribution is 8.23. The lowest BCUT2D eigenvalue weighted by molar-refractivity contribution is -0.144. The predicted octanol–water partition coefficient (Wildman–Crippen LogP) is 3.70. The van der Waals surface area contributed by atoms with Crippen molar-refractivity contribution in [2.45, 2.75) is 63.7 Å². The van der Waals surface area contributed by atoms with Crippen LogP contribution < -0.4 is 0 Å². The van der Waals surface area contributed by atoms with Crippen LogP contribution in [-0.4, -0.2) is 28.3 Å². The monoisotopic (exact) mass is 290 g/mol. The number of hydrogen-bond acceptors (Lipinski definition) is 5. The maximum Gasteiger partial charge on any atom is 0.323 e. The van der Waals surface area contributed by atoms with E-state index in [0.29, 0.717) is 11.0 Å². The van der Waals surface area contributed by atoms with Gasteiger partial charge >= 0.3 is 5.97 Å². The van der Waals surface area contributed by atoms with Gasteiger partial charge in [0, 0.05) is 0 Å². The minimum atomic E-state index is -0.261. The summed E-state index contributed by atoms with van der Waals surface area (Å²) < 4.78 is 11.1. The Hall–Kier alpha value is -0.290. The zero-order valence-electron chi connectivity index (χ0n) is 11.1. The molecule has 18 heavy (non-hydrogen) atoms. The maximum atomic E-state index is 11.8. The van der Waals surface area contributed by atoms with Gasteiger partial charge in [-0.25, -0.2) is 0 Å². The first kappa shape index (κ1) is 15.8. The van der Waals surface area contributed by atoms with Crippen LogP contribution in [0.2, 0.25) is 0 Å². The summed E-state index contributed by atoms with van der Waals surface area (Å²) in [5, 5.41) is -0.261. The highest BCUT2D eigenvalue weighted by atomic mass is 32.2. The highest BCUT2D eigenvalue weighted by Crippen LogP contribution is 2.32. The zero-order valence-corrected chi connectivity index (χ0v) is 12.8. The van der Waals surface area contributed by atoms with E-state index in [1.807, 2.05) is 6.92 Å². The Morgan fingerprint density at radius 3 is 2.72 bits per heavy atom. The average Bonchev–Trinajstić information content (AvgIpc) is 2.71. The number of carbonyl (C=O) groups is 1. The van der Waals surface area contributed by atoms with Crippen LogP contribution in [0.15, 0.2) is 0 Å². The zero-order chi connectivity index (χ0) is 13.4. The molecule has 1 heterocycles. The molecule has 0 spiro atoms. The lowest BCUT2D eigenvalue weighted by Crippen LogP contribution is -2.29. The van der Waals surface area contributed by atoms with Gasteiger partial charge in [0.1, 0.15) is 11.4 Å². The van der Waals surface area contributed by atoms with Gasteiger partial charge in [-0.05, 0) is 32.0 Å². The normalized spacial score (nSPS) is 22.9. The first-order valence-electron chi connectivity index (χ1n) is 6.73. The van der Waals surface area contributed by atoms with Crippen molar-refractivity contribution in [2.75, 3.05) is 6.61 Å². The van der Waals surface area contributed by atoms with E-state index in [9.17, 15) is 4.79 Å². The first-order valence-corrected chi connectivity index (χ1v) is 8.01. The van der Waals surface area contributed by atoms with Crippen molar-refractivity contribution < 1.29 is 14.3 Å². The van der Waals surface area contributed by atoms with Crippen LogP contribution in [-0.2, 0) is 14.3 Å². The molecule has 1 aliphatic heterocycles. The van der Waals surface area contributed by atoms with Gasteiger partial charge in [-0.2, -0.15) is 0 Å². The van der Waals surface area contributed by atoms with Crippen molar-refractivity contribution >= 4 is 34.3 Å². The standard InChI is InChI=1S/C13H22O3S2/c1-3-5-6-7-8-9-10-11(12(14)15-4-2)18-13(17)16-10/h10-11H,3-9H2,1-2H3/t10-,11+/m0/s1. The lowest BCUT2D eigenvalue weighted by atomic mass is 10.1. The van der Waals surface area contributed by atoms with Gasteiger partial charge in [-0.15, -0.1) is 0 Å².